The second-order valence-corrected chi connectivity index (χ2v) is 9.46. The molecule has 3 atom stereocenters. The summed E-state index contributed by atoms with van der Waals surface area (Å²) < 4.78 is 12.2. The summed E-state index contributed by atoms with van der Waals surface area (Å²) in [7, 11) is 1.12. The van der Waals surface area contributed by atoms with Crippen LogP contribution in [0.1, 0.15) is 57.6 Å². The number of nitrogens with one attached hydrogen (secondary N) is 2. The number of benzene rings is 1. The Morgan fingerprint density at radius 1 is 1.17 bits per heavy atom. The first-order valence-corrected chi connectivity index (χ1v) is 12.1. The maximum Gasteiger partial charge on any atom is 0.191 e. The van der Waals surface area contributed by atoms with Gasteiger partial charge in [-0.1, -0.05) is 51.5 Å². The molecule has 1 aromatic rings. The van der Waals surface area contributed by atoms with E-state index in [4.69, 9.17) is 0 Å². The van der Waals surface area contributed by atoms with Crippen LogP contribution in [0.2, 0.25) is 0 Å². The average molecular weight is 535 g/mol. The van der Waals surface area contributed by atoms with Crippen molar-refractivity contribution in [2.45, 2.75) is 70.8 Å². The molecule has 1 saturated carbocycles. The standard InChI is InChI=1S/C22H38N4OS.HI/c1-5-26(6-2)17-19-12-9-8-11-18(19)16-24-22(23-4)25-20-13-10-14-21(15-20)28(27)7-3;/h8-9,11-12,20-21H,5-7,10,13-17H2,1-4H3,(H2,23,24,25);1H. The molecule has 2 rings (SSSR count). The average Bonchev–Trinajstić information content (AvgIpc) is 2.75. The lowest BCUT2D eigenvalue weighted by molar-refractivity contribution is 0.295. The van der Waals surface area contributed by atoms with Crippen LogP contribution in [0.25, 0.3) is 0 Å². The molecule has 1 fully saturated rings. The molecule has 0 radical (unpaired) electrons. The molecule has 0 aliphatic heterocycles. The van der Waals surface area contributed by atoms with Gasteiger partial charge >= 0.3 is 0 Å². The topological polar surface area (TPSA) is 56.7 Å². The Labute approximate surface area is 197 Å². The highest BCUT2D eigenvalue weighted by molar-refractivity contribution is 14.0. The molecule has 0 aromatic heterocycles. The summed E-state index contributed by atoms with van der Waals surface area (Å²) in [6.45, 7) is 10.3. The minimum atomic E-state index is -0.700. The maximum atomic E-state index is 12.2. The number of nitrogens with zero attached hydrogens (tertiary/aromatic N) is 2. The van der Waals surface area contributed by atoms with E-state index >= 15 is 0 Å². The Balaban J connectivity index is 0.00000420. The predicted octanol–water partition coefficient (Wildman–Crippen LogP) is 3.89. The fourth-order valence-corrected chi connectivity index (χ4v) is 5.24. The Hall–Kier alpha value is -0.670. The highest BCUT2D eigenvalue weighted by Gasteiger charge is 2.26. The summed E-state index contributed by atoms with van der Waals surface area (Å²) in [5, 5.41) is 7.37. The SMILES string of the molecule is CCN(CC)Cc1ccccc1CNC(=NC)NC1CCCC(S(=O)CC)C1.I. The number of hydrogen-bond acceptors (Lipinski definition) is 3. The predicted molar refractivity (Wildman–Crippen MR) is 137 cm³/mol. The minimum absolute atomic E-state index is 0. The van der Waals surface area contributed by atoms with Crippen LogP contribution in [0.3, 0.4) is 0 Å². The van der Waals surface area contributed by atoms with E-state index in [1.807, 2.05) is 14.0 Å². The van der Waals surface area contributed by atoms with Gasteiger partial charge in [0.15, 0.2) is 5.96 Å². The maximum absolute atomic E-state index is 12.2. The number of rotatable bonds is 9. The van der Waals surface area contributed by atoms with Gasteiger partial charge in [-0.3, -0.25) is 14.1 Å². The smallest absolute Gasteiger partial charge is 0.191 e. The van der Waals surface area contributed by atoms with Gasteiger partial charge in [0.25, 0.3) is 0 Å². The molecule has 1 aliphatic rings. The van der Waals surface area contributed by atoms with Crippen LogP contribution in [-0.4, -0.2) is 52.3 Å². The van der Waals surface area contributed by atoms with E-state index in [2.05, 4.69) is 58.6 Å². The quantitative estimate of drug-likeness (QED) is 0.287. The van der Waals surface area contributed by atoms with Gasteiger partial charge < -0.3 is 10.6 Å². The van der Waals surface area contributed by atoms with E-state index in [-0.39, 0.29) is 24.0 Å². The summed E-state index contributed by atoms with van der Waals surface area (Å²) in [4.78, 5) is 6.85. The first-order chi connectivity index (χ1) is 13.6. The molecule has 3 unspecified atom stereocenters. The first kappa shape index (κ1) is 26.4. The summed E-state index contributed by atoms with van der Waals surface area (Å²) in [5.41, 5.74) is 2.68. The lowest BCUT2D eigenvalue weighted by atomic mass is 9.95. The van der Waals surface area contributed by atoms with Gasteiger partial charge in [-0.05, 0) is 43.5 Å². The van der Waals surface area contributed by atoms with Gasteiger partial charge in [0.05, 0.1) is 0 Å². The van der Waals surface area contributed by atoms with Gasteiger partial charge in [0, 0.05) is 48.0 Å². The Kier molecular flexibility index (Phi) is 13.1. The lowest BCUT2D eigenvalue weighted by Crippen LogP contribution is -2.46. The third kappa shape index (κ3) is 8.53. The molecule has 5 nitrogen and oxygen atoms in total. The van der Waals surface area contributed by atoms with Crippen molar-refractivity contribution >= 4 is 40.7 Å². The fourth-order valence-electron chi connectivity index (χ4n) is 3.89. The van der Waals surface area contributed by atoms with E-state index in [9.17, 15) is 4.21 Å². The summed E-state index contributed by atoms with van der Waals surface area (Å²) in [6, 6.07) is 8.99. The Morgan fingerprint density at radius 2 is 1.86 bits per heavy atom. The second kappa shape index (κ2) is 14.4. The van der Waals surface area contributed by atoms with Crippen LogP contribution in [0.5, 0.6) is 0 Å². The van der Waals surface area contributed by atoms with Crippen LogP contribution < -0.4 is 10.6 Å². The van der Waals surface area contributed by atoms with Crippen LogP contribution in [0.4, 0.5) is 0 Å². The van der Waals surface area contributed by atoms with E-state index in [1.165, 1.54) is 11.1 Å². The van der Waals surface area contributed by atoms with Crippen molar-refractivity contribution in [2.24, 2.45) is 4.99 Å². The fraction of sp³-hybridized carbons (Fsp3) is 0.682. The van der Waals surface area contributed by atoms with Crippen LogP contribution >= 0.6 is 24.0 Å². The van der Waals surface area contributed by atoms with Crippen LogP contribution in [-0.2, 0) is 23.9 Å². The van der Waals surface area contributed by atoms with Crippen molar-refractivity contribution in [1.82, 2.24) is 15.5 Å². The van der Waals surface area contributed by atoms with Crippen molar-refractivity contribution in [3.8, 4) is 0 Å². The molecule has 0 heterocycles. The zero-order chi connectivity index (χ0) is 20.4. The molecule has 166 valence electrons. The van der Waals surface area contributed by atoms with Crippen molar-refractivity contribution in [2.75, 3.05) is 25.9 Å². The molecule has 0 amide bonds. The zero-order valence-corrected chi connectivity index (χ0v) is 21.6. The molecule has 29 heavy (non-hydrogen) atoms. The normalized spacial score (nSPS) is 20.8. The summed E-state index contributed by atoms with van der Waals surface area (Å²) >= 11 is 0. The lowest BCUT2D eigenvalue weighted by Gasteiger charge is -2.30. The van der Waals surface area contributed by atoms with Gasteiger partial charge in [0.2, 0.25) is 0 Å². The second-order valence-electron chi connectivity index (χ2n) is 7.46. The molecule has 0 saturated heterocycles. The first-order valence-electron chi connectivity index (χ1n) is 10.7. The summed E-state index contributed by atoms with van der Waals surface area (Å²) in [6.07, 6.45) is 4.32. The van der Waals surface area contributed by atoms with Crippen LogP contribution in [0, 0.1) is 0 Å². The molecule has 7 heteroatoms. The number of hydrogen-bond donors (Lipinski definition) is 2. The van der Waals surface area contributed by atoms with Crippen molar-refractivity contribution < 1.29 is 4.21 Å². The molecule has 1 aromatic carbocycles. The van der Waals surface area contributed by atoms with Crippen LogP contribution in [0.15, 0.2) is 29.3 Å². The highest BCUT2D eigenvalue weighted by Crippen LogP contribution is 2.23. The molecule has 0 bridgehead atoms. The molecule has 0 spiro atoms. The van der Waals surface area contributed by atoms with E-state index in [1.54, 1.807) is 0 Å². The van der Waals surface area contributed by atoms with Gasteiger partial charge in [-0.2, -0.15) is 0 Å². The zero-order valence-electron chi connectivity index (χ0n) is 18.4. The third-order valence-electron chi connectivity index (χ3n) is 5.70. The van der Waals surface area contributed by atoms with Gasteiger partial charge in [0.1, 0.15) is 0 Å². The van der Waals surface area contributed by atoms with E-state index in [0.29, 0.717) is 11.3 Å². The van der Waals surface area contributed by atoms with Crippen molar-refractivity contribution in [3.63, 3.8) is 0 Å². The van der Waals surface area contributed by atoms with Gasteiger partial charge in [-0.15, -0.1) is 24.0 Å². The molecule has 2 N–H and O–H groups in total. The Bertz CT molecular complexity index is 651. The number of aliphatic imine (C=N–C) groups is 1. The largest absolute Gasteiger partial charge is 0.354 e. The Morgan fingerprint density at radius 3 is 2.48 bits per heavy atom. The van der Waals surface area contributed by atoms with Crippen molar-refractivity contribution in [3.05, 3.63) is 35.4 Å². The van der Waals surface area contributed by atoms with E-state index < -0.39 is 10.8 Å². The number of halogens is 1. The number of guanidine groups is 1. The van der Waals surface area contributed by atoms with Crippen molar-refractivity contribution in [1.29, 1.82) is 0 Å². The monoisotopic (exact) mass is 534 g/mol. The molecular formula is C22H39IN4OS. The summed E-state index contributed by atoms with van der Waals surface area (Å²) in [5.74, 6) is 1.60. The minimum Gasteiger partial charge on any atom is -0.354 e. The third-order valence-corrected chi connectivity index (χ3v) is 7.44. The van der Waals surface area contributed by atoms with Gasteiger partial charge in [-0.25, -0.2) is 0 Å². The molecule has 1 aliphatic carbocycles. The molecular weight excluding hydrogens is 495 g/mol. The van der Waals surface area contributed by atoms with E-state index in [0.717, 1.165) is 63.6 Å². The highest BCUT2D eigenvalue weighted by atomic mass is 127.